The average Bonchev–Trinajstić information content (AvgIpc) is 2.54. The minimum atomic E-state index is -0.588. The van der Waals surface area contributed by atoms with Gasteiger partial charge in [0.05, 0.1) is 17.3 Å². The van der Waals surface area contributed by atoms with E-state index < -0.39 is 5.56 Å². The van der Waals surface area contributed by atoms with Gasteiger partial charge < -0.3 is 5.32 Å². The Hall–Kier alpha value is -1.85. The summed E-state index contributed by atoms with van der Waals surface area (Å²) < 4.78 is 0.992. The number of halogens is 2. The van der Waals surface area contributed by atoms with Gasteiger partial charge in [-0.05, 0) is 11.5 Å². The summed E-state index contributed by atoms with van der Waals surface area (Å²) in [6.07, 6.45) is 1.25. The number of benzene rings is 1. The van der Waals surface area contributed by atoms with E-state index in [0.717, 1.165) is 10.2 Å². The fourth-order valence-corrected chi connectivity index (χ4v) is 2.48. The SMILES string of the molecule is CC(C)C(NC(=O)Cn1ncc(Cl)c(Cl)c1=O)c1ccccc1. The molecule has 1 amide bonds. The van der Waals surface area contributed by atoms with Crippen LogP contribution in [0.25, 0.3) is 0 Å². The van der Waals surface area contributed by atoms with Gasteiger partial charge in [-0.2, -0.15) is 5.10 Å². The van der Waals surface area contributed by atoms with Crippen LogP contribution in [-0.4, -0.2) is 15.7 Å². The maximum absolute atomic E-state index is 12.3. The van der Waals surface area contributed by atoms with Crippen molar-refractivity contribution in [2.75, 3.05) is 0 Å². The Bertz CT molecular complexity index is 745. The summed E-state index contributed by atoms with van der Waals surface area (Å²) >= 11 is 11.5. The van der Waals surface area contributed by atoms with Gasteiger partial charge in [0, 0.05) is 0 Å². The molecule has 0 aliphatic heterocycles. The molecule has 0 saturated heterocycles. The molecular weight excluding hydrogens is 337 g/mol. The first kappa shape index (κ1) is 17.5. The van der Waals surface area contributed by atoms with Crippen LogP contribution in [-0.2, 0) is 11.3 Å². The molecule has 1 aromatic carbocycles. The minimum Gasteiger partial charge on any atom is -0.347 e. The van der Waals surface area contributed by atoms with Gasteiger partial charge in [-0.25, -0.2) is 4.68 Å². The highest BCUT2D eigenvalue weighted by atomic mass is 35.5. The molecule has 0 aliphatic rings. The van der Waals surface area contributed by atoms with Crippen molar-refractivity contribution in [3.63, 3.8) is 0 Å². The number of amides is 1. The molecule has 0 bridgehead atoms. The number of aromatic nitrogens is 2. The molecule has 0 fully saturated rings. The van der Waals surface area contributed by atoms with Gasteiger partial charge in [0.25, 0.3) is 5.56 Å². The van der Waals surface area contributed by atoms with Crippen LogP contribution in [0.1, 0.15) is 25.5 Å². The first-order valence-corrected chi connectivity index (χ1v) is 7.91. The Labute approximate surface area is 144 Å². The minimum absolute atomic E-state index is 0.0673. The summed E-state index contributed by atoms with van der Waals surface area (Å²) in [5.74, 6) is -0.125. The molecule has 1 unspecified atom stereocenters. The van der Waals surface area contributed by atoms with E-state index in [1.807, 2.05) is 44.2 Å². The maximum atomic E-state index is 12.3. The molecule has 5 nitrogen and oxygen atoms in total. The lowest BCUT2D eigenvalue weighted by Crippen LogP contribution is -2.37. The van der Waals surface area contributed by atoms with Crippen LogP contribution in [0, 0.1) is 5.92 Å². The maximum Gasteiger partial charge on any atom is 0.287 e. The van der Waals surface area contributed by atoms with E-state index >= 15 is 0 Å². The van der Waals surface area contributed by atoms with E-state index in [1.54, 1.807) is 0 Å². The van der Waals surface area contributed by atoms with Crippen LogP contribution < -0.4 is 10.9 Å². The van der Waals surface area contributed by atoms with E-state index in [9.17, 15) is 9.59 Å². The van der Waals surface area contributed by atoms with Crippen LogP contribution in [0.3, 0.4) is 0 Å². The van der Waals surface area contributed by atoms with Gasteiger partial charge in [-0.3, -0.25) is 9.59 Å². The molecule has 122 valence electrons. The predicted molar refractivity (Wildman–Crippen MR) is 90.7 cm³/mol. The monoisotopic (exact) mass is 353 g/mol. The van der Waals surface area contributed by atoms with Crippen LogP contribution in [0.15, 0.2) is 41.3 Å². The highest BCUT2D eigenvalue weighted by Crippen LogP contribution is 2.21. The smallest absolute Gasteiger partial charge is 0.287 e. The third kappa shape index (κ3) is 4.33. The molecule has 0 spiro atoms. The number of rotatable bonds is 5. The summed E-state index contributed by atoms with van der Waals surface area (Å²) in [5.41, 5.74) is 0.417. The number of nitrogens with one attached hydrogen (secondary N) is 1. The van der Waals surface area contributed by atoms with Crippen molar-refractivity contribution in [1.82, 2.24) is 15.1 Å². The zero-order valence-electron chi connectivity index (χ0n) is 12.8. The van der Waals surface area contributed by atoms with E-state index in [1.165, 1.54) is 6.20 Å². The first-order chi connectivity index (χ1) is 10.9. The molecular formula is C16H17Cl2N3O2. The third-order valence-corrected chi connectivity index (χ3v) is 4.13. The Morgan fingerprint density at radius 2 is 1.91 bits per heavy atom. The van der Waals surface area contributed by atoms with Crippen molar-refractivity contribution < 1.29 is 4.79 Å². The number of nitrogens with zero attached hydrogens (tertiary/aromatic N) is 2. The second-order valence-corrected chi connectivity index (χ2v) is 6.25. The van der Waals surface area contributed by atoms with E-state index in [0.29, 0.717) is 0 Å². The summed E-state index contributed by atoms with van der Waals surface area (Å²) in [6, 6.07) is 9.51. The van der Waals surface area contributed by atoms with Crippen molar-refractivity contribution in [2.45, 2.75) is 26.4 Å². The lowest BCUT2D eigenvalue weighted by atomic mass is 9.96. The summed E-state index contributed by atoms with van der Waals surface area (Å²) in [5, 5.41) is 6.68. The van der Waals surface area contributed by atoms with Crippen LogP contribution >= 0.6 is 23.2 Å². The van der Waals surface area contributed by atoms with Crippen LogP contribution in [0.4, 0.5) is 0 Å². The van der Waals surface area contributed by atoms with Gasteiger partial charge in [0.1, 0.15) is 11.6 Å². The molecule has 1 heterocycles. The van der Waals surface area contributed by atoms with Crippen molar-refractivity contribution >= 4 is 29.1 Å². The average molecular weight is 354 g/mol. The number of carbonyl (C=O) groups excluding carboxylic acids is 1. The topological polar surface area (TPSA) is 64.0 Å². The zero-order chi connectivity index (χ0) is 17.0. The normalized spacial score (nSPS) is 12.2. The molecule has 7 heteroatoms. The van der Waals surface area contributed by atoms with E-state index in [2.05, 4.69) is 10.4 Å². The fraction of sp³-hybridized carbons (Fsp3) is 0.312. The van der Waals surface area contributed by atoms with E-state index in [4.69, 9.17) is 23.2 Å². The largest absolute Gasteiger partial charge is 0.347 e. The van der Waals surface area contributed by atoms with Crippen molar-refractivity contribution in [2.24, 2.45) is 5.92 Å². The van der Waals surface area contributed by atoms with Gasteiger partial charge in [-0.15, -0.1) is 0 Å². The van der Waals surface area contributed by atoms with Gasteiger partial charge in [0.15, 0.2) is 0 Å². The quantitative estimate of drug-likeness (QED) is 0.898. The van der Waals surface area contributed by atoms with Crippen LogP contribution in [0.5, 0.6) is 0 Å². The molecule has 0 radical (unpaired) electrons. The lowest BCUT2D eigenvalue weighted by molar-refractivity contribution is -0.123. The number of carbonyl (C=O) groups is 1. The summed E-state index contributed by atoms with van der Waals surface area (Å²) in [6.45, 7) is 3.81. The standard InChI is InChI=1S/C16H17Cl2N3O2/c1-10(2)15(11-6-4-3-5-7-11)20-13(22)9-21-16(23)14(18)12(17)8-19-21/h3-8,10,15H,9H2,1-2H3,(H,20,22). The Morgan fingerprint density at radius 3 is 2.52 bits per heavy atom. The Morgan fingerprint density at radius 1 is 1.26 bits per heavy atom. The highest BCUT2D eigenvalue weighted by Gasteiger charge is 2.19. The van der Waals surface area contributed by atoms with Crippen molar-refractivity contribution in [1.29, 1.82) is 0 Å². The summed E-state index contributed by atoms with van der Waals surface area (Å²) in [7, 11) is 0. The zero-order valence-corrected chi connectivity index (χ0v) is 14.3. The predicted octanol–water partition coefficient (Wildman–Crippen LogP) is 3.06. The molecule has 2 aromatic rings. The van der Waals surface area contributed by atoms with Gasteiger partial charge in [0.2, 0.25) is 5.91 Å². The fourth-order valence-electron chi connectivity index (χ4n) is 2.21. The second-order valence-electron chi connectivity index (χ2n) is 5.47. The molecule has 0 aliphatic carbocycles. The van der Waals surface area contributed by atoms with Gasteiger partial charge in [-0.1, -0.05) is 67.4 Å². The molecule has 23 heavy (non-hydrogen) atoms. The molecule has 1 atom stereocenters. The highest BCUT2D eigenvalue weighted by molar-refractivity contribution is 6.41. The first-order valence-electron chi connectivity index (χ1n) is 7.15. The van der Waals surface area contributed by atoms with Crippen molar-refractivity contribution in [3.8, 4) is 0 Å². The summed E-state index contributed by atoms with van der Waals surface area (Å²) in [4.78, 5) is 24.2. The Kier molecular flexibility index (Phi) is 5.80. The lowest BCUT2D eigenvalue weighted by Gasteiger charge is -2.23. The van der Waals surface area contributed by atoms with E-state index in [-0.39, 0.29) is 34.5 Å². The molecule has 1 aromatic heterocycles. The molecule has 0 saturated carbocycles. The second kappa shape index (κ2) is 7.62. The van der Waals surface area contributed by atoms with Gasteiger partial charge >= 0.3 is 0 Å². The number of hydrogen-bond donors (Lipinski definition) is 1. The molecule has 2 rings (SSSR count). The Balaban J connectivity index is 2.15. The number of hydrogen-bond acceptors (Lipinski definition) is 3. The van der Waals surface area contributed by atoms with Crippen molar-refractivity contribution in [3.05, 3.63) is 62.5 Å². The third-order valence-electron chi connectivity index (χ3n) is 3.38. The van der Waals surface area contributed by atoms with Crippen LogP contribution in [0.2, 0.25) is 10.0 Å². The molecule has 1 N–H and O–H groups in total.